The highest BCUT2D eigenvalue weighted by Gasteiger charge is 2.34. The van der Waals surface area contributed by atoms with Crippen LogP contribution in [0.15, 0.2) is 54.1 Å². The van der Waals surface area contributed by atoms with Gasteiger partial charge < -0.3 is 63.4 Å². The van der Waals surface area contributed by atoms with Crippen LogP contribution in [0, 0.1) is 5.41 Å². The summed E-state index contributed by atoms with van der Waals surface area (Å²) in [5.74, 6) is 3.19. The molecule has 5 rings (SSSR count). The molecule has 0 unspecified atom stereocenters. The van der Waals surface area contributed by atoms with Gasteiger partial charge in [-0.25, -0.2) is 4.98 Å². The average molecular weight is 862 g/mol. The number of fused-ring (bicyclic) bond motifs is 3. The second kappa shape index (κ2) is 23.2. The van der Waals surface area contributed by atoms with E-state index < -0.39 is 0 Å². The van der Waals surface area contributed by atoms with Crippen LogP contribution in [0.4, 0.5) is 11.8 Å². The number of methoxy groups -OCH3 is 3. The first-order valence-electron chi connectivity index (χ1n) is 20.7. The van der Waals surface area contributed by atoms with Gasteiger partial charge in [0.2, 0.25) is 11.7 Å². The fourth-order valence-electron chi connectivity index (χ4n) is 7.02. The first-order valence-corrected chi connectivity index (χ1v) is 20.7. The number of nitrogens with two attached hydrogens (primary N) is 2. The molecule has 4 aromatic rings. The predicted octanol–water partition coefficient (Wildman–Crippen LogP) is 5.80. The van der Waals surface area contributed by atoms with Gasteiger partial charge in [-0.15, -0.1) is 0 Å². The van der Waals surface area contributed by atoms with Crippen molar-refractivity contribution in [2.75, 3.05) is 112 Å². The predicted molar refractivity (Wildman–Crippen MR) is 238 cm³/mol. The van der Waals surface area contributed by atoms with Crippen molar-refractivity contribution in [1.82, 2.24) is 14.5 Å². The SMILES string of the molecule is C=C(C)c1cn2c(cc1=O)-c1cc(OC)c(OCCOCCOCCOCCOCCOCCOc3c(OC)cc(Cc4cnc(N)nc4N)cc3OC)cc1C[C@H]2C(C)(C)C. The van der Waals surface area contributed by atoms with E-state index in [0.29, 0.717) is 119 Å². The normalized spacial score (nSPS) is 13.3. The number of aromatic nitrogens is 3. The van der Waals surface area contributed by atoms with Crippen molar-refractivity contribution in [2.24, 2.45) is 5.41 Å². The minimum atomic E-state index is -0.0574. The molecule has 1 aliphatic heterocycles. The molecule has 3 heterocycles. The van der Waals surface area contributed by atoms with Crippen molar-refractivity contribution in [3.63, 3.8) is 0 Å². The number of allylic oxidation sites excluding steroid dienone is 1. The Hall–Kier alpha value is -5.39. The number of pyridine rings is 1. The van der Waals surface area contributed by atoms with Crippen LogP contribution in [-0.4, -0.2) is 115 Å². The lowest BCUT2D eigenvalue weighted by molar-refractivity contribution is -0.0142. The molecule has 4 N–H and O–H groups in total. The van der Waals surface area contributed by atoms with Crippen molar-refractivity contribution in [1.29, 1.82) is 0 Å². The molecule has 62 heavy (non-hydrogen) atoms. The molecule has 16 nitrogen and oxygen atoms in total. The third kappa shape index (κ3) is 13.1. The molecule has 0 amide bonds. The standard InChI is InChI=1S/C46H63N5O11/c1-30(2)35-29-51-36(27-37(35)52)34-26-38(53-6)39(24-32(34)25-42(51)46(3,4)5)61-19-17-59-15-13-57-11-9-56-10-12-58-14-16-60-18-20-62-43-40(54-7)22-31(23-41(43)55-8)21-33-28-49-45(48)50-44(33)47/h22-24,26-29,42H,1,9-21,25H2,2-8H3,(H4,47,48,49,50)/t42-/m0/s1. The van der Waals surface area contributed by atoms with E-state index in [1.807, 2.05) is 37.4 Å². The van der Waals surface area contributed by atoms with Crippen molar-refractivity contribution in [3.05, 3.63) is 81.8 Å². The van der Waals surface area contributed by atoms with Gasteiger partial charge in [0, 0.05) is 47.6 Å². The summed E-state index contributed by atoms with van der Waals surface area (Å²) in [6, 6.07) is 9.56. The minimum absolute atomic E-state index is 0.0410. The summed E-state index contributed by atoms with van der Waals surface area (Å²) in [5, 5.41) is 0. The zero-order valence-corrected chi connectivity index (χ0v) is 37.2. The Morgan fingerprint density at radius 1 is 0.742 bits per heavy atom. The molecule has 338 valence electrons. The minimum Gasteiger partial charge on any atom is -0.493 e. The summed E-state index contributed by atoms with van der Waals surface area (Å²) >= 11 is 0. The van der Waals surface area contributed by atoms with Gasteiger partial charge in [-0.05, 0) is 59.7 Å². The monoisotopic (exact) mass is 861 g/mol. The Balaban J connectivity index is 0.898. The van der Waals surface area contributed by atoms with Crippen molar-refractivity contribution >= 4 is 17.3 Å². The summed E-state index contributed by atoms with van der Waals surface area (Å²) < 4.78 is 59.4. The Morgan fingerprint density at radius 3 is 1.77 bits per heavy atom. The molecular weight excluding hydrogens is 799 g/mol. The number of hydrogen-bond donors (Lipinski definition) is 2. The lowest BCUT2D eigenvalue weighted by Crippen LogP contribution is -2.32. The van der Waals surface area contributed by atoms with Gasteiger partial charge in [0.25, 0.3) is 0 Å². The van der Waals surface area contributed by atoms with Crippen LogP contribution in [0.5, 0.6) is 28.7 Å². The molecule has 0 aliphatic carbocycles. The fourth-order valence-corrected chi connectivity index (χ4v) is 7.02. The number of rotatable bonds is 26. The zero-order valence-electron chi connectivity index (χ0n) is 37.2. The molecule has 0 fully saturated rings. The highest BCUT2D eigenvalue weighted by Crippen LogP contribution is 2.46. The van der Waals surface area contributed by atoms with Crippen LogP contribution in [-0.2, 0) is 36.5 Å². The van der Waals surface area contributed by atoms with Crippen LogP contribution >= 0.6 is 0 Å². The highest BCUT2D eigenvalue weighted by atomic mass is 16.6. The molecular formula is C46H63N5O11. The van der Waals surface area contributed by atoms with E-state index in [1.54, 1.807) is 33.6 Å². The van der Waals surface area contributed by atoms with Crippen molar-refractivity contribution in [2.45, 2.75) is 46.6 Å². The second-order valence-corrected chi connectivity index (χ2v) is 15.8. The number of anilines is 2. The van der Waals surface area contributed by atoms with Gasteiger partial charge in [-0.1, -0.05) is 27.4 Å². The van der Waals surface area contributed by atoms with E-state index in [1.165, 1.54) is 0 Å². The number of benzene rings is 2. The Kier molecular flexibility index (Phi) is 17.8. The fraction of sp³-hybridized carbons (Fsp3) is 0.500. The Bertz CT molecular complexity index is 2130. The summed E-state index contributed by atoms with van der Waals surface area (Å²) in [7, 11) is 4.75. The average Bonchev–Trinajstić information content (AvgIpc) is 3.24. The first-order chi connectivity index (χ1) is 29.8. The van der Waals surface area contributed by atoms with Gasteiger partial charge in [0.05, 0.1) is 93.1 Å². The van der Waals surface area contributed by atoms with E-state index in [4.69, 9.17) is 58.8 Å². The van der Waals surface area contributed by atoms with E-state index in [2.05, 4.69) is 41.9 Å². The summed E-state index contributed by atoms with van der Waals surface area (Å²) in [5.41, 5.74) is 17.5. The van der Waals surface area contributed by atoms with E-state index in [-0.39, 0.29) is 29.4 Å². The maximum Gasteiger partial charge on any atom is 0.221 e. The molecule has 1 aliphatic rings. The van der Waals surface area contributed by atoms with E-state index in [0.717, 1.165) is 39.9 Å². The maximum absolute atomic E-state index is 13.0. The largest absolute Gasteiger partial charge is 0.493 e. The van der Waals surface area contributed by atoms with Crippen LogP contribution in [0.1, 0.15) is 56.0 Å². The quantitative estimate of drug-likeness (QED) is 0.0719. The van der Waals surface area contributed by atoms with Gasteiger partial charge in [0.1, 0.15) is 19.0 Å². The number of nitrogen functional groups attached to an aromatic ring is 2. The smallest absolute Gasteiger partial charge is 0.221 e. The molecule has 0 radical (unpaired) electrons. The third-order valence-electron chi connectivity index (χ3n) is 10.2. The van der Waals surface area contributed by atoms with Crippen LogP contribution in [0.3, 0.4) is 0 Å². The molecule has 0 saturated carbocycles. The number of nitrogens with zero attached hydrogens (tertiary/aromatic N) is 3. The van der Waals surface area contributed by atoms with Crippen molar-refractivity contribution in [3.8, 4) is 40.0 Å². The molecule has 0 saturated heterocycles. The molecule has 2 aromatic heterocycles. The highest BCUT2D eigenvalue weighted by molar-refractivity contribution is 5.72. The molecule has 0 spiro atoms. The van der Waals surface area contributed by atoms with Crippen LogP contribution in [0.25, 0.3) is 16.8 Å². The lowest BCUT2D eigenvalue weighted by Gasteiger charge is -2.39. The summed E-state index contributed by atoms with van der Waals surface area (Å²) in [4.78, 5) is 21.1. The van der Waals surface area contributed by atoms with Gasteiger partial charge in [0.15, 0.2) is 28.4 Å². The van der Waals surface area contributed by atoms with Crippen LogP contribution < -0.4 is 40.6 Å². The van der Waals surface area contributed by atoms with Crippen molar-refractivity contribution < 1.29 is 47.4 Å². The zero-order chi connectivity index (χ0) is 44.6. The third-order valence-corrected chi connectivity index (χ3v) is 10.2. The first kappa shape index (κ1) is 47.7. The van der Waals surface area contributed by atoms with Gasteiger partial charge >= 0.3 is 0 Å². The molecule has 0 bridgehead atoms. The Morgan fingerprint density at radius 2 is 1.27 bits per heavy atom. The van der Waals surface area contributed by atoms with Gasteiger partial charge in [-0.3, -0.25) is 4.79 Å². The van der Waals surface area contributed by atoms with Gasteiger partial charge in [-0.2, -0.15) is 4.98 Å². The van der Waals surface area contributed by atoms with Crippen LogP contribution in [0.2, 0.25) is 0 Å². The topological polar surface area (TPSA) is 192 Å². The molecule has 1 atom stereocenters. The molecule has 2 aromatic carbocycles. The van der Waals surface area contributed by atoms with E-state index >= 15 is 0 Å². The number of hydrogen-bond acceptors (Lipinski definition) is 15. The second-order valence-electron chi connectivity index (χ2n) is 15.8. The molecule has 16 heteroatoms. The maximum atomic E-state index is 13.0. The lowest BCUT2D eigenvalue weighted by atomic mass is 9.78. The summed E-state index contributed by atoms with van der Waals surface area (Å²) in [6.45, 7) is 17.4. The Labute approximate surface area is 364 Å². The summed E-state index contributed by atoms with van der Waals surface area (Å²) in [6.07, 6.45) is 4.81. The number of ether oxygens (including phenoxy) is 10. The van der Waals surface area contributed by atoms with E-state index in [9.17, 15) is 4.79 Å².